The lowest BCUT2D eigenvalue weighted by atomic mass is 9.49. The molecule has 5 rings (SSSR count). The van der Waals surface area contributed by atoms with Crippen LogP contribution in [-0.2, 0) is 19.0 Å². The molecule has 7 nitrogen and oxygen atoms in total. The molecular formula is C24H39N2O5. The van der Waals surface area contributed by atoms with Crippen molar-refractivity contribution in [3.63, 3.8) is 0 Å². The predicted octanol–water partition coefficient (Wildman–Crippen LogP) is 2.99. The summed E-state index contributed by atoms with van der Waals surface area (Å²) in [4.78, 5) is 28.8. The van der Waals surface area contributed by atoms with Crippen molar-refractivity contribution >= 4 is 12.1 Å². The summed E-state index contributed by atoms with van der Waals surface area (Å²) in [6, 6.07) is 0. The first-order valence-electron chi connectivity index (χ1n) is 12.1. The normalized spacial score (nSPS) is 33.8. The van der Waals surface area contributed by atoms with Gasteiger partial charge in [-0.1, -0.05) is 0 Å². The first kappa shape index (κ1) is 22.8. The van der Waals surface area contributed by atoms with Gasteiger partial charge in [-0.15, -0.1) is 0 Å². The average molecular weight is 436 g/mol. The third kappa shape index (κ3) is 6.35. The molecule has 0 amide bonds. The molecule has 0 aromatic rings. The highest BCUT2D eigenvalue weighted by Crippen LogP contribution is 2.61. The number of nitrogens with zero attached hydrogens (tertiary/aromatic N) is 2. The molecule has 1 saturated heterocycles. The third-order valence-electron chi connectivity index (χ3n) is 7.82. The van der Waals surface area contributed by atoms with Crippen molar-refractivity contribution in [2.45, 2.75) is 44.9 Å². The molecule has 1 heterocycles. The maximum absolute atomic E-state index is 12.5. The number of hydrogen-bond acceptors (Lipinski definition) is 7. The monoisotopic (exact) mass is 435 g/mol. The fourth-order valence-electron chi connectivity index (χ4n) is 6.68. The molecule has 31 heavy (non-hydrogen) atoms. The molecule has 5 fully saturated rings. The van der Waals surface area contributed by atoms with Crippen molar-refractivity contribution in [3.05, 3.63) is 6.92 Å². The SMILES string of the molecule is [CH2]C(COC(=O)CC12CC3CC(CC(C3)C1)C2)COC(=O)OCCN1CCN(C)CC1. The Hall–Kier alpha value is -1.34. The Morgan fingerprint density at radius 3 is 2.13 bits per heavy atom. The van der Waals surface area contributed by atoms with Crippen LogP contribution in [0.15, 0.2) is 0 Å². The lowest BCUT2D eigenvalue weighted by molar-refractivity contribution is -0.153. The molecule has 0 N–H and O–H groups in total. The molecule has 1 radical (unpaired) electrons. The number of ether oxygens (including phenoxy) is 3. The summed E-state index contributed by atoms with van der Waals surface area (Å²) in [5.41, 5.74) is 0.187. The molecule has 175 valence electrons. The van der Waals surface area contributed by atoms with E-state index in [1.165, 1.54) is 38.5 Å². The van der Waals surface area contributed by atoms with E-state index < -0.39 is 6.16 Å². The predicted molar refractivity (Wildman–Crippen MR) is 116 cm³/mol. The van der Waals surface area contributed by atoms with Crippen molar-refractivity contribution in [1.82, 2.24) is 9.80 Å². The Kier molecular flexibility index (Phi) is 7.42. The molecule has 0 aromatic heterocycles. The van der Waals surface area contributed by atoms with Crippen molar-refractivity contribution < 1.29 is 23.8 Å². The molecule has 4 saturated carbocycles. The molecule has 5 aliphatic rings. The van der Waals surface area contributed by atoms with E-state index in [-0.39, 0.29) is 30.5 Å². The molecule has 1 unspecified atom stereocenters. The lowest BCUT2D eigenvalue weighted by Crippen LogP contribution is -2.47. The largest absolute Gasteiger partial charge is 0.508 e. The summed E-state index contributed by atoms with van der Waals surface area (Å²) < 4.78 is 15.8. The minimum atomic E-state index is -0.678. The van der Waals surface area contributed by atoms with Crippen LogP contribution in [0.1, 0.15) is 44.9 Å². The zero-order valence-electron chi connectivity index (χ0n) is 19.1. The number of hydrogen-bond donors (Lipinski definition) is 0. The molecule has 0 spiro atoms. The first-order valence-corrected chi connectivity index (χ1v) is 12.1. The maximum atomic E-state index is 12.5. The second kappa shape index (κ2) is 10.1. The summed E-state index contributed by atoms with van der Waals surface area (Å²) >= 11 is 0. The van der Waals surface area contributed by atoms with Gasteiger partial charge in [-0.2, -0.15) is 0 Å². The van der Waals surface area contributed by atoms with Crippen LogP contribution in [0.25, 0.3) is 0 Å². The van der Waals surface area contributed by atoms with Gasteiger partial charge in [0.05, 0.1) is 13.0 Å². The van der Waals surface area contributed by atoms with E-state index in [0.717, 1.165) is 50.5 Å². The highest BCUT2D eigenvalue weighted by Gasteiger charge is 2.51. The van der Waals surface area contributed by atoms with Crippen LogP contribution in [0.5, 0.6) is 0 Å². The number of esters is 1. The van der Waals surface area contributed by atoms with Crippen LogP contribution in [0, 0.1) is 36.0 Å². The number of piperazine rings is 1. The van der Waals surface area contributed by atoms with Crippen LogP contribution in [-0.4, -0.2) is 81.5 Å². The lowest BCUT2D eigenvalue weighted by Gasteiger charge is -2.56. The van der Waals surface area contributed by atoms with Crippen LogP contribution in [0.4, 0.5) is 4.79 Å². The molecule has 7 heteroatoms. The van der Waals surface area contributed by atoms with E-state index in [1.807, 2.05) is 0 Å². The van der Waals surface area contributed by atoms with E-state index in [4.69, 9.17) is 14.2 Å². The van der Waals surface area contributed by atoms with Gasteiger partial charge in [-0.05, 0) is 75.7 Å². The summed E-state index contributed by atoms with van der Waals surface area (Å²) in [5.74, 6) is 2.08. The van der Waals surface area contributed by atoms with E-state index in [1.54, 1.807) is 0 Å². The second-order valence-electron chi connectivity index (χ2n) is 10.7. The summed E-state index contributed by atoms with van der Waals surface area (Å²) in [6.45, 7) is 9.32. The van der Waals surface area contributed by atoms with Gasteiger partial charge in [0.2, 0.25) is 0 Å². The van der Waals surface area contributed by atoms with Gasteiger partial charge in [0.25, 0.3) is 0 Å². The number of carbonyl (C=O) groups is 2. The maximum Gasteiger partial charge on any atom is 0.508 e. The zero-order chi connectivity index (χ0) is 21.8. The van der Waals surface area contributed by atoms with Gasteiger partial charge in [-0.3, -0.25) is 9.69 Å². The fraction of sp³-hybridized carbons (Fsp3) is 0.875. The van der Waals surface area contributed by atoms with Crippen LogP contribution in [0.2, 0.25) is 0 Å². The van der Waals surface area contributed by atoms with Gasteiger partial charge in [0.1, 0.15) is 13.2 Å². The molecule has 4 aliphatic carbocycles. The van der Waals surface area contributed by atoms with Crippen molar-refractivity contribution in [2.75, 3.05) is 59.6 Å². The summed E-state index contributed by atoms with van der Waals surface area (Å²) in [7, 11) is 2.11. The second-order valence-corrected chi connectivity index (χ2v) is 10.7. The Morgan fingerprint density at radius 1 is 0.935 bits per heavy atom. The smallest absolute Gasteiger partial charge is 0.465 e. The van der Waals surface area contributed by atoms with Crippen LogP contribution < -0.4 is 0 Å². The molecule has 1 atom stereocenters. The standard InChI is InChI=1S/C24H39N2O5/c1-18(17-31-23(28)29-8-7-26-5-3-25(2)4-6-26)16-30-22(27)15-24-12-19-9-20(13-24)11-21(10-19)14-24/h18-21H,1,3-17H2,2H3. The number of likely N-dealkylation sites (N-methyl/N-ethyl adjacent to an activating group) is 1. The molecule has 4 bridgehead atoms. The number of carbonyl (C=O) groups excluding carboxylic acids is 2. The minimum absolute atomic E-state index is 0.0952. The quantitative estimate of drug-likeness (QED) is 0.516. The number of rotatable bonds is 9. The van der Waals surface area contributed by atoms with Gasteiger partial charge in [0.15, 0.2) is 0 Å². The van der Waals surface area contributed by atoms with Gasteiger partial charge >= 0.3 is 12.1 Å². The summed E-state index contributed by atoms with van der Waals surface area (Å²) in [6.07, 6.45) is 7.58. The average Bonchev–Trinajstić information content (AvgIpc) is 2.71. The first-order chi connectivity index (χ1) is 14.9. The topological polar surface area (TPSA) is 68.3 Å². The van der Waals surface area contributed by atoms with Crippen molar-refractivity contribution in [1.29, 1.82) is 0 Å². The fourth-order valence-corrected chi connectivity index (χ4v) is 6.68. The Balaban J connectivity index is 1.07. The highest BCUT2D eigenvalue weighted by atomic mass is 16.7. The van der Waals surface area contributed by atoms with Gasteiger partial charge in [-0.25, -0.2) is 4.79 Å². The van der Waals surface area contributed by atoms with Gasteiger partial charge in [0, 0.05) is 38.6 Å². The van der Waals surface area contributed by atoms with E-state index >= 15 is 0 Å². The molecular weight excluding hydrogens is 396 g/mol. The Morgan fingerprint density at radius 2 is 1.52 bits per heavy atom. The van der Waals surface area contributed by atoms with Gasteiger partial charge < -0.3 is 19.1 Å². The minimum Gasteiger partial charge on any atom is -0.465 e. The van der Waals surface area contributed by atoms with Crippen LogP contribution >= 0.6 is 0 Å². The molecule has 0 aromatic carbocycles. The highest BCUT2D eigenvalue weighted by molar-refractivity contribution is 5.70. The van der Waals surface area contributed by atoms with E-state index in [0.29, 0.717) is 13.0 Å². The van der Waals surface area contributed by atoms with E-state index in [9.17, 15) is 9.59 Å². The summed E-state index contributed by atoms with van der Waals surface area (Å²) in [5, 5.41) is 0. The Bertz CT molecular complexity index is 596. The molecule has 1 aliphatic heterocycles. The Labute approximate surface area is 186 Å². The van der Waals surface area contributed by atoms with Crippen molar-refractivity contribution in [3.8, 4) is 0 Å². The zero-order valence-corrected chi connectivity index (χ0v) is 19.1. The van der Waals surface area contributed by atoms with Crippen LogP contribution in [0.3, 0.4) is 0 Å². The van der Waals surface area contributed by atoms with E-state index in [2.05, 4.69) is 23.8 Å². The van der Waals surface area contributed by atoms with Crippen molar-refractivity contribution in [2.24, 2.45) is 29.1 Å². The third-order valence-corrected chi connectivity index (χ3v) is 7.82.